The predicted molar refractivity (Wildman–Crippen MR) is 87.5 cm³/mol. The summed E-state index contributed by atoms with van der Waals surface area (Å²) in [6.07, 6.45) is 0.899. The van der Waals surface area contributed by atoms with Crippen LogP contribution in [0.25, 0.3) is 0 Å². The third kappa shape index (κ3) is 4.28. The molecule has 0 aliphatic heterocycles. The first-order chi connectivity index (χ1) is 10.6. The molecule has 0 aromatic heterocycles. The van der Waals surface area contributed by atoms with E-state index in [9.17, 15) is 4.39 Å². The molecule has 0 saturated heterocycles. The fourth-order valence-electron chi connectivity index (χ4n) is 2.04. The molecule has 5 heteroatoms. The van der Waals surface area contributed by atoms with E-state index in [4.69, 9.17) is 21.1 Å². The number of anilines is 1. The Morgan fingerprint density at radius 1 is 1.18 bits per heavy atom. The number of hydrogen-bond acceptors (Lipinski definition) is 3. The summed E-state index contributed by atoms with van der Waals surface area (Å²) in [6.45, 7) is 3.14. The molecule has 2 aromatic rings. The van der Waals surface area contributed by atoms with Gasteiger partial charge in [-0.1, -0.05) is 18.5 Å². The molecule has 0 unspecified atom stereocenters. The average molecular weight is 324 g/mol. The molecule has 0 bridgehead atoms. The van der Waals surface area contributed by atoms with Gasteiger partial charge in [0, 0.05) is 28.9 Å². The molecule has 0 amide bonds. The van der Waals surface area contributed by atoms with E-state index in [1.807, 2.05) is 13.0 Å². The summed E-state index contributed by atoms with van der Waals surface area (Å²) in [4.78, 5) is 0. The quantitative estimate of drug-likeness (QED) is 0.787. The Hall–Kier alpha value is -1.94. The van der Waals surface area contributed by atoms with Crippen molar-refractivity contribution in [2.75, 3.05) is 19.0 Å². The van der Waals surface area contributed by atoms with Crippen LogP contribution in [0.4, 0.5) is 10.1 Å². The number of nitrogens with one attached hydrogen (secondary N) is 1. The van der Waals surface area contributed by atoms with Crippen molar-refractivity contribution in [2.24, 2.45) is 0 Å². The maximum atomic E-state index is 12.9. The number of hydrogen-bond donors (Lipinski definition) is 1. The Labute approximate surface area is 135 Å². The van der Waals surface area contributed by atoms with Gasteiger partial charge in [0.1, 0.15) is 5.82 Å². The lowest BCUT2D eigenvalue weighted by molar-refractivity contribution is 0.291. The normalized spacial score (nSPS) is 10.4. The summed E-state index contributed by atoms with van der Waals surface area (Å²) in [5.41, 5.74) is 1.71. The summed E-state index contributed by atoms with van der Waals surface area (Å²) in [5, 5.41) is 3.80. The maximum Gasteiger partial charge on any atom is 0.166 e. The van der Waals surface area contributed by atoms with Crippen molar-refractivity contribution in [3.8, 4) is 11.5 Å². The topological polar surface area (TPSA) is 30.5 Å². The van der Waals surface area contributed by atoms with E-state index in [0.717, 1.165) is 17.7 Å². The number of rotatable bonds is 7. The predicted octanol–water partition coefficient (Wildman–Crippen LogP) is 4.89. The van der Waals surface area contributed by atoms with Gasteiger partial charge >= 0.3 is 0 Å². The molecule has 0 aliphatic rings. The van der Waals surface area contributed by atoms with Gasteiger partial charge in [-0.25, -0.2) is 4.39 Å². The minimum absolute atomic E-state index is 0.262. The van der Waals surface area contributed by atoms with E-state index in [0.29, 0.717) is 29.7 Å². The molecule has 1 N–H and O–H groups in total. The first-order valence-corrected chi connectivity index (χ1v) is 7.50. The van der Waals surface area contributed by atoms with Crippen LogP contribution in [0.5, 0.6) is 11.5 Å². The van der Waals surface area contributed by atoms with Gasteiger partial charge in [-0.2, -0.15) is 0 Å². The van der Waals surface area contributed by atoms with Gasteiger partial charge in [0.25, 0.3) is 0 Å². The summed E-state index contributed by atoms with van der Waals surface area (Å²) in [6, 6.07) is 9.76. The largest absolute Gasteiger partial charge is 0.493 e. The molecule has 0 radical (unpaired) electrons. The highest BCUT2D eigenvalue weighted by atomic mass is 35.5. The Morgan fingerprint density at radius 3 is 2.55 bits per heavy atom. The Kier molecular flexibility index (Phi) is 5.90. The number of methoxy groups -OCH3 is 1. The van der Waals surface area contributed by atoms with Crippen LogP contribution in [-0.4, -0.2) is 13.7 Å². The highest BCUT2D eigenvalue weighted by Crippen LogP contribution is 2.35. The summed E-state index contributed by atoms with van der Waals surface area (Å²) >= 11 is 6.12. The number of benzene rings is 2. The van der Waals surface area contributed by atoms with Gasteiger partial charge in [0.15, 0.2) is 11.5 Å². The molecule has 0 aliphatic carbocycles. The van der Waals surface area contributed by atoms with Crippen molar-refractivity contribution in [3.63, 3.8) is 0 Å². The molecule has 118 valence electrons. The average Bonchev–Trinajstić information content (AvgIpc) is 2.52. The van der Waals surface area contributed by atoms with Gasteiger partial charge in [0.2, 0.25) is 0 Å². The fraction of sp³-hybridized carbons (Fsp3) is 0.294. The molecule has 0 heterocycles. The molecule has 0 atom stereocenters. The zero-order chi connectivity index (χ0) is 15.9. The van der Waals surface area contributed by atoms with Crippen molar-refractivity contribution < 1.29 is 13.9 Å². The second-order valence-corrected chi connectivity index (χ2v) is 5.24. The first-order valence-electron chi connectivity index (χ1n) is 7.12. The maximum absolute atomic E-state index is 12.9. The van der Waals surface area contributed by atoms with Crippen LogP contribution in [-0.2, 0) is 6.54 Å². The molecule has 0 fully saturated rings. The summed E-state index contributed by atoms with van der Waals surface area (Å²) < 4.78 is 24.1. The lowest BCUT2D eigenvalue weighted by atomic mass is 10.1. The smallest absolute Gasteiger partial charge is 0.166 e. The van der Waals surface area contributed by atoms with Crippen LogP contribution in [0.3, 0.4) is 0 Å². The third-order valence-corrected chi connectivity index (χ3v) is 3.31. The van der Waals surface area contributed by atoms with E-state index < -0.39 is 0 Å². The highest BCUT2D eigenvalue weighted by molar-refractivity contribution is 6.30. The van der Waals surface area contributed by atoms with Crippen LogP contribution < -0.4 is 14.8 Å². The molecule has 3 nitrogen and oxygen atoms in total. The van der Waals surface area contributed by atoms with Crippen molar-refractivity contribution in [2.45, 2.75) is 19.9 Å². The van der Waals surface area contributed by atoms with Crippen LogP contribution >= 0.6 is 11.6 Å². The third-order valence-electron chi connectivity index (χ3n) is 3.09. The van der Waals surface area contributed by atoms with E-state index in [1.165, 1.54) is 12.1 Å². The number of ether oxygens (including phenoxy) is 2. The minimum atomic E-state index is -0.262. The zero-order valence-electron chi connectivity index (χ0n) is 12.7. The lowest BCUT2D eigenvalue weighted by Crippen LogP contribution is -2.06. The van der Waals surface area contributed by atoms with E-state index in [-0.39, 0.29) is 5.82 Å². The monoisotopic (exact) mass is 323 g/mol. The van der Waals surface area contributed by atoms with E-state index >= 15 is 0 Å². The Morgan fingerprint density at radius 2 is 1.91 bits per heavy atom. The summed E-state index contributed by atoms with van der Waals surface area (Å²) in [5.74, 6) is 1.03. The van der Waals surface area contributed by atoms with Crippen molar-refractivity contribution in [3.05, 3.63) is 52.8 Å². The minimum Gasteiger partial charge on any atom is -0.493 e. The van der Waals surface area contributed by atoms with Gasteiger partial charge in [-0.15, -0.1) is 0 Å². The van der Waals surface area contributed by atoms with Crippen molar-refractivity contribution in [1.29, 1.82) is 0 Å². The van der Waals surface area contributed by atoms with Gasteiger partial charge < -0.3 is 14.8 Å². The molecule has 22 heavy (non-hydrogen) atoms. The second kappa shape index (κ2) is 7.90. The van der Waals surface area contributed by atoms with Crippen LogP contribution in [0.2, 0.25) is 5.02 Å². The Balaban J connectivity index is 2.20. The Bertz CT molecular complexity index is 617. The van der Waals surface area contributed by atoms with Crippen molar-refractivity contribution >= 4 is 17.3 Å². The molecular weight excluding hydrogens is 305 g/mol. The molecule has 2 aromatic carbocycles. The van der Waals surface area contributed by atoms with Crippen LogP contribution in [0, 0.1) is 5.82 Å². The zero-order valence-corrected chi connectivity index (χ0v) is 13.4. The SMILES string of the molecule is CCCOc1c(CNc2ccc(F)cc2)cc(Cl)cc1OC. The molecule has 2 rings (SSSR count). The highest BCUT2D eigenvalue weighted by Gasteiger charge is 2.12. The van der Waals surface area contributed by atoms with E-state index in [2.05, 4.69) is 5.32 Å². The second-order valence-electron chi connectivity index (χ2n) is 4.81. The first kappa shape index (κ1) is 16.4. The molecule has 0 saturated carbocycles. The van der Waals surface area contributed by atoms with Crippen LogP contribution in [0.15, 0.2) is 36.4 Å². The molecule has 0 spiro atoms. The number of halogens is 2. The summed E-state index contributed by atoms with van der Waals surface area (Å²) in [7, 11) is 1.58. The van der Waals surface area contributed by atoms with Gasteiger partial charge in [0.05, 0.1) is 13.7 Å². The van der Waals surface area contributed by atoms with E-state index in [1.54, 1.807) is 25.3 Å². The molecular formula is C17H19ClFNO2. The van der Waals surface area contributed by atoms with Gasteiger partial charge in [-0.05, 0) is 36.8 Å². The van der Waals surface area contributed by atoms with Crippen LogP contribution in [0.1, 0.15) is 18.9 Å². The fourth-order valence-corrected chi connectivity index (χ4v) is 2.27. The standard InChI is InChI=1S/C17H19ClFNO2/c1-3-8-22-17-12(9-13(18)10-16(17)21-2)11-20-15-6-4-14(19)5-7-15/h4-7,9-10,20H,3,8,11H2,1-2H3. The lowest BCUT2D eigenvalue weighted by Gasteiger charge is -2.16. The van der Waals surface area contributed by atoms with Crippen molar-refractivity contribution in [1.82, 2.24) is 0 Å². The van der Waals surface area contributed by atoms with Gasteiger partial charge in [-0.3, -0.25) is 0 Å².